The van der Waals surface area contributed by atoms with Crippen LogP contribution in [0.3, 0.4) is 0 Å². The Morgan fingerprint density at radius 3 is 2.12 bits per heavy atom. The first kappa shape index (κ1) is 17.9. The SMILES string of the molecule is COC(=O)C1(C(=O)OC)N(C(C)c2ccccc2)C(=O)CC1(C)O. The normalized spacial score (nSPS) is 23.7. The second kappa shape index (κ2) is 6.24. The minimum absolute atomic E-state index is 0.394. The van der Waals surface area contributed by atoms with Crippen LogP contribution in [-0.4, -0.2) is 53.2 Å². The molecule has 1 aliphatic heterocycles. The molecule has 1 fully saturated rings. The van der Waals surface area contributed by atoms with Gasteiger partial charge in [0.15, 0.2) is 0 Å². The Hall–Kier alpha value is -2.41. The van der Waals surface area contributed by atoms with Crippen molar-refractivity contribution < 1.29 is 29.0 Å². The summed E-state index contributed by atoms with van der Waals surface area (Å²) >= 11 is 0. The van der Waals surface area contributed by atoms with Crippen LogP contribution in [0.15, 0.2) is 30.3 Å². The second-order valence-electron chi connectivity index (χ2n) is 5.99. The Labute approximate surface area is 140 Å². The van der Waals surface area contributed by atoms with E-state index in [2.05, 4.69) is 0 Å². The molecule has 130 valence electrons. The topological polar surface area (TPSA) is 93.1 Å². The molecule has 1 saturated heterocycles. The summed E-state index contributed by atoms with van der Waals surface area (Å²) in [5.41, 5.74) is -3.52. The van der Waals surface area contributed by atoms with Crippen LogP contribution in [-0.2, 0) is 23.9 Å². The van der Waals surface area contributed by atoms with Gasteiger partial charge >= 0.3 is 11.9 Å². The first-order valence-corrected chi connectivity index (χ1v) is 7.50. The number of methoxy groups -OCH3 is 2. The molecule has 7 nitrogen and oxygen atoms in total. The average molecular weight is 335 g/mol. The lowest BCUT2D eigenvalue weighted by Gasteiger charge is -2.42. The molecule has 24 heavy (non-hydrogen) atoms. The van der Waals surface area contributed by atoms with Gasteiger partial charge in [-0.1, -0.05) is 30.3 Å². The van der Waals surface area contributed by atoms with Crippen molar-refractivity contribution >= 4 is 17.8 Å². The van der Waals surface area contributed by atoms with Gasteiger partial charge in [-0.05, 0) is 19.4 Å². The van der Waals surface area contributed by atoms with E-state index in [-0.39, 0.29) is 0 Å². The molecule has 0 aromatic heterocycles. The number of rotatable bonds is 4. The third-order valence-electron chi connectivity index (χ3n) is 4.54. The van der Waals surface area contributed by atoms with Crippen molar-refractivity contribution in [1.29, 1.82) is 0 Å². The molecular weight excluding hydrogens is 314 g/mol. The van der Waals surface area contributed by atoms with Crippen molar-refractivity contribution in [3.05, 3.63) is 35.9 Å². The van der Waals surface area contributed by atoms with Gasteiger partial charge in [-0.15, -0.1) is 0 Å². The summed E-state index contributed by atoms with van der Waals surface area (Å²) in [6.45, 7) is 2.94. The zero-order valence-electron chi connectivity index (χ0n) is 14.1. The Kier molecular flexibility index (Phi) is 4.66. The van der Waals surface area contributed by atoms with Crippen molar-refractivity contribution in [3.63, 3.8) is 0 Å². The number of benzene rings is 1. The number of hydrogen-bond acceptors (Lipinski definition) is 6. The van der Waals surface area contributed by atoms with Crippen molar-refractivity contribution in [3.8, 4) is 0 Å². The number of ether oxygens (including phenoxy) is 2. The quantitative estimate of drug-likeness (QED) is 0.647. The highest BCUT2D eigenvalue weighted by Gasteiger charge is 2.72. The maximum absolute atomic E-state index is 12.6. The summed E-state index contributed by atoms with van der Waals surface area (Å²) in [4.78, 5) is 38.8. The minimum Gasteiger partial charge on any atom is -0.467 e. The lowest BCUT2D eigenvalue weighted by Crippen LogP contribution is -2.68. The van der Waals surface area contributed by atoms with Gasteiger partial charge in [-0.3, -0.25) is 4.79 Å². The number of carbonyl (C=O) groups is 3. The van der Waals surface area contributed by atoms with Gasteiger partial charge in [0.25, 0.3) is 5.54 Å². The Morgan fingerprint density at radius 1 is 1.17 bits per heavy atom. The molecule has 1 N–H and O–H groups in total. The summed E-state index contributed by atoms with van der Waals surface area (Å²) < 4.78 is 9.53. The maximum Gasteiger partial charge on any atom is 0.346 e. The third kappa shape index (κ3) is 2.36. The molecule has 2 rings (SSSR count). The van der Waals surface area contributed by atoms with Gasteiger partial charge in [0, 0.05) is 0 Å². The molecule has 1 heterocycles. The Bertz CT molecular complexity index is 638. The van der Waals surface area contributed by atoms with Crippen LogP contribution in [0.25, 0.3) is 0 Å². The van der Waals surface area contributed by atoms with Gasteiger partial charge in [-0.2, -0.15) is 0 Å². The van der Waals surface area contributed by atoms with Gasteiger partial charge in [0.05, 0.1) is 26.7 Å². The van der Waals surface area contributed by atoms with Gasteiger partial charge < -0.3 is 19.5 Å². The van der Waals surface area contributed by atoms with Gasteiger partial charge in [-0.25, -0.2) is 9.59 Å². The van der Waals surface area contributed by atoms with Crippen LogP contribution in [0.5, 0.6) is 0 Å². The van der Waals surface area contributed by atoms with Crippen LogP contribution in [0.4, 0.5) is 0 Å². The zero-order chi connectivity index (χ0) is 18.1. The molecule has 0 spiro atoms. The third-order valence-corrected chi connectivity index (χ3v) is 4.54. The molecule has 1 aromatic rings. The summed E-state index contributed by atoms with van der Waals surface area (Å²) in [6.07, 6.45) is -0.394. The summed E-state index contributed by atoms with van der Waals surface area (Å²) in [7, 11) is 2.19. The number of esters is 2. The average Bonchev–Trinajstić information content (AvgIpc) is 2.79. The first-order valence-electron chi connectivity index (χ1n) is 7.50. The smallest absolute Gasteiger partial charge is 0.346 e. The van der Waals surface area contributed by atoms with E-state index in [1.54, 1.807) is 31.2 Å². The van der Waals surface area contributed by atoms with Crippen molar-refractivity contribution in [2.45, 2.75) is 37.5 Å². The number of likely N-dealkylation sites (tertiary alicyclic amines) is 1. The molecule has 0 bridgehead atoms. The molecule has 1 aromatic carbocycles. The molecule has 0 aliphatic carbocycles. The van der Waals surface area contributed by atoms with Crippen molar-refractivity contribution in [2.24, 2.45) is 0 Å². The molecule has 1 amide bonds. The molecule has 1 aliphatic rings. The highest BCUT2D eigenvalue weighted by molar-refractivity contribution is 6.12. The van der Waals surface area contributed by atoms with Crippen LogP contribution < -0.4 is 0 Å². The van der Waals surface area contributed by atoms with E-state index in [0.717, 1.165) is 19.1 Å². The first-order chi connectivity index (χ1) is 11.2. The second-order valence-corrected chi connectivity index (χ2v) is 5.99. The van der Waals surface area contributed by atoms with E-state index in [9.17, 15) is 19.5 Å². The Balaban J connectivity index is 2.68. The number of amides is 1. The fourth-order valence-electron chi connectivity index (χ4n) is 3.36. The van der Waals surface area contributed by atoms with Crippen LogP contribution in [0.2, 0.25) is 0 Å². The van der Waals surface area contributed by atoms with Crippen LogP contribution in [0, 0.1) is 0 Å². The van der Waals surface area contributed by atoms with E-state index in [0.29, 0.717) is 5.56 Å². The molecule has 7 heteroatoms. The fraction of sp³-hybridized carbons (Fsp3) is 0.471. The number of nitrogens with zero attached hydrogens (tertiary/aromatic N) is 1. The summed E-state index contributed by atoms with van der Waals surface area (Å²) in [6, 6.07) is 8.26. The highest BCUT2D eigenvalue weighted by Crippen LogP contribution is 2.45. The van der Waals surface area contributed by atoms with Gasteiger partial charge in [0.2, 0.25) is 5.91 Å². The molecular formula is C17H21NO6. The number of carbonyl (C=O) groups excluding carboxylic acids is 3. The van der Waals surface area contributed by atoms with Crippen LogP contribution >= 0.6 is 0 Å². The summed E-state index contributed by atoms with van der Waals surface area (Å²) in [5.74, 6) is -2.60. The number of hydrogen-bond donors (Lipinski definition) is 1. The predicted octanol–water partition coefficient (Wildman–Crippen LogP) is 0.816. The molecule has 2 unspecified atom stereocenters. The van der Waals surface area contributed by atoms with Gasteiger partial charge in [0.1, 0.15) is 5.60 Å². The van der Waals surface area contributed by atoms with Crippen molar-refractivity contribution in [1.82, 2.24) is 4.90 Å². The maximum atomic E-state index is 12.6. The molecule has 0 saturated carbocycles. The van der Waals surface area contributed by atoms with E-state index < -0.39 is 41.4 Å². The van der Waals surface area contributed by atoms with E-state index in [4.69, 9.17) is 9.47 Å². The fourth-order valence-corrected chi connectivity index (χ4v) is 3.36. The zero-order valence-corrected chi connectivity index (χ0v) is 14.1. The summed E-state index contributed by atoms with van der Waals surface area (Å²) in [5, 5.41) is 10.8. The molecule has 0 radical (unpaired) electrons. The highest BCUT2D eigenvalue weighted by atomic mass is 16.6. The van der Waals surface area contributed by atoms with E-state index >= 15 is 0 Å². The lowest BCUT2D eigenvalue weighted by atomic mass is 9.80. The van der Waals surface area contributed by atoms with E-state index in [1.807, 2.05) is 6.07 Å². The standard InChI is InChI=1S/C17H21NO6/c1-11(12-8-6-5-7-9-12)18-13(19)10-16(2,22)17(18,14(20)23-3)15(21)24-4/h5-9,11,22H,10H2,1-4H3. The largest absolute Gasteiger partial charge is 0.467 e. The number of aliphatic hydroxyl groups is 1. The Morgan fingerprint density at radius 2 is 1.67 bits per heavy atom. The molecule has 2 atom stereocenters. The lowest BCUT2D eigenvalue weighted by molar-refractivity contribution is -0.188. The predicted molar refractivity (Wildman–Crippen MR) is 83.7 cm³/mol. The monoisotopic (exact) mass is 335 g/mol. The van der Waals surface area contributed by atoms with Crippen molar-refractivity contribution in [2.75, 3.05) is 14.2 Å². The van der Waals surface area contributed by atoms with E-state index in [1.165, 1.54) is 6.92 Å². The minimum atomic E-state index is -2.26. The van der Waals surface area contributed by atoms with Crippen LogP contribution in [0.1, 0.15) is 31.9 Å².